The standard InChI is InChI=1S/C25H28F3NO2S/c1-16-22(15-21(32-16)13-14-24(2,3)4)29(19-9-11-20(30)12-10-19)23(31)17-5-7-18(8-6-17)25(26,27)28/h5-8,15,19-20,30H,9-12H2,1-4H3. The quantitative estimate of drug-likeness (QED) is 0.534. The monoisotopic (exact) mass is 463 g/mol. The Balaban J connectivity index is 1.98. The maximum Gasteiger partial charge on any atom is 0.416 e. The molecule has 1 heterocycles. The van der Waals surface area contributed by atoms with Gasteiger partial charge in [-0.2, -0.15) is 13.2 Å². The first-order valence-electron chi connectivity index (χ1n) is 10.7. The predicted molar refractivity (Wildman–Crippen MR) is 122 cm³/mol. The molecule has 3 nitrogen and oxygen atoms in total. The highest BCUT2D eigenvalue weighted by Gasteiger charge is 2.33. The zero-order valence-electron chi connectivity index (χ0n) is 18.7. The van der Waals surface area contributed by atoms with E-state index in [-0.39, 0.29) is 29.0 Å². The second kappa shape index (κ2) is 9.29. The van der Waals surface area contributed by atoms with E-state index in [1.54, 1.807) is 4.90 Å². The van der Waals surface area contributed by atoms with Crippen LogP contribution in [0.2, 0.25) is 0 Å². The minimum Gasteiger partial charge on any atom is -0.393 e. The zero-order valence-corrected chi connectivity index (χ0v) is 19.5. The van der Waals surface area contributed by atoms with Crippen LogP contribution in [0.3, 0.4) is 0 Å². The lowest BCUT2D eigenvalue weighted by Crippen LogP contribution is -2.43. The molecule has 7 heteroatoms. The number of aliphatic hydroxyl groups excluding tert-OH is 1. The fraction of sp³-hybridized carbons (Fsp3) is 0.480. The Kier molecular flexibility index (Phi) is 7.06. The number of alkyl halides is 3. The largest absolute Gasteiger partial charge is 0.416 e. The van der Waals surface area contributed by atoms with Crippen molar-refractivity contribution >= 4 is 22.9 Å². The number of aryl methyl sites for hydroxylation is 1. The molecule has 0 spiro atoms. The van der Waals surface area contributed by atoms with E-state index in [0.717, 1.165) is 27.6 Å². The average molecular weight is 464 g/mol. The fourth-order valence-electron chi connectivity index (χ4n) is 3.75. The first kappa shape index (κ1) is 24.3. The SMILES string of the molecule is Cc1sc(C#CC(C)(C)C)cc1N(C(=O)c1ccc(C(F)(F)F)cc1)C1CCC(O)CC1. The number of benzene rings is 1. The summed E-state index contributed by atoms with van der Waals surface area (Å²) in [6, 6.07) is 6.11. The third-order valence-corrected chi connectivity index (χ3v) is 6.38. The number of hydrogen-bond donors (Lipinski definition) is 1. The summed E-state index contributed by atoms with van der Waals surface area (Å²) < 4.78 is 38.9. The molecule has 1 N–H and O–H groups in total. The van der Waals surface area contributed by atoms with E-state index < -0.39 is 11.7 Å². The van der Waals surface area contributed by atoms with Crippen molar-refractivity contribution in [2.24, 2.45) is 5.41 Å². The molecule has 1 saturated carbocycles. The van der Waals surface area contributed by atoms with E-state index in [1.807, 2.05) is 33.8 Å². The molecule has 0 bridgehead atoms. The van der Waals surface area contributed by atoms with Crippen LogP contribution in [0.4, 0.5) is 18.9 Å². The first-order valence-corrected chi connectivity index (χ1v) is 11.5. The molecule has 172 valence electrons. The van der Waals surface area contributed by atoms with Crippen LogP contribution in [0.5, 0.6) is 0 Å². The van der Waals surface area contributed by atoms with Gasteiger partial charge in [0.2, 0.25) is 0 Å². The van der Waals surface area contributed by atoms with Crippen molar-refractivity contribution in [3.05, 3.63) is 51.2 Å². The van der Waals surface area contributed by atoms with Crippen LogP contribution in [0.15, 0.2) is 30.3 Å². The van der Waals surface area contributed by atoms with E-state index in [1.165, 1.54) is 23.5 Å². The Morgan fingerprint density at radius 2 is 1.69 bits per heavy atom. The third-order valence-electron chi connectivity index (χ3n) is 5.42. The molecular formula is C25H28F3NO2S. The number of halogens is 3. The average Bonchev–Trinajstić information content (AvgIpc) is 3.07. The second-order valence-corrected chi connectivity index (χ2v) is 10.5. The topological polar surface area (TPSA) is 40.5 Å². The van der Waals surface area contributed by atoms with Gasteiger partial charge in [0.05, 0.1) is 22.2 Å². The third kappa shape index (κ3) is 5.93. The normalized spacial score (nSPS) is 19.2. The van der Waals surface area contributed by atoms with Gasteiger partial charge >= 0.3 is 6.18 Å². The number of hydrogen-bond acceptors (Lipinski definition) is 3. The van der Waals surface area contributed by atoms with Crippen LogP contribution in [0, 0.1) is 24.2 Å². The van der Waals surface area contributed by atoms with Gasteiger partial charge in [-0.3, -0.25) is 4.79 Å². The number of anilines is 1. The van der Waals surface area contributed by atoms with Crippen LogP contribution in [0.25, 0.3) is 0 Å². The van der Waals surface area contributed by atoms with Crippen LogP contribution in [-0.4, -0.2) is 23.2 Å². The molecule has 1 aromatic carbocycles. The number of aliphatic hydroxyl groups is 1. The van der Waals surface area contributed by atoms with Crippen molar-refractivity contribution in [1.82, 2.24) is 0 Å². The molecule has 0 saturated heterocycles. The number of nitrogens with zero attached hydrogens (tertiary/aromatic N) is 1. The molecule has 0 unspecified atom stereocenters. The van der Waals surface area contributed by atoms with Crippen LogP contribution in [0.1, 0.15) is 72.1 Å². The van der Waals surface area contributed by atoms with Crippen LogP contribution < -0.4 is 4.90 Å². The van der Waals surface area contributed by atoms with Crippen molar-refractivity contribution in [1.29, 1.82) is 0 Å². The van der Waals surface area contributed by atoms with E-state index in [9.17, 15) is 23.1 Å². The summed E-state index contributed by atoms with van der Waals surface area (Å²) in [6.07, 6.45) is -2.41. The molecule has 1 aliphatic carbocycles. The molecule has 1 fully saturated rings. The van der Waals surface area contributed by atoms with Crippen molar-refractivity contribution in [2.45, 2.75) is 71.7 Å². The molecule has 0 radical (unpaired) electrons. The molecule has 32 heavy (non-hydrogen) atoms. The van der Waals surface area contributed by atoms with Crippen LogP contribution >= 0.6 is 11.3 Å². The van der Waals surface area contributed by atoms with Gasteiger partial charge in [0.1, 0.15) is 0 Å². The van der Waals surface area contributed by atoms with Crippen molar-refractivity contribution in [2.75, 3.05) is 4.90 Å². The minimum atomic E-state index is -4.45. The highest BCUT2D eigenvalue weighted by atomic mass is 32.1. The Morgan fingerprint density at radius 3 is 2.22 bits per heavy atom. The van der Waals surface area contributed by atoms with Gasteiger partial charge in [-0.15, -0.1) is 11.3 Å². The zero-order chi connectivity index (χ0) is 23.7. The van der Waals surface area contributed by atoms with Crippen molar-refractivity contribution in [3.63, 3.8) is 0 Å². The fourth-order valence-corrected chi connectivity index (χ4v) is 4.62. The highest BCUT2D eigenvalue weighted by Crippen LogP contribution is 2.36. The number of rotatable bonds is 3. The molecule has 0 atom stereocenters. The van der Waals surface area contributed by atoms with Gasteiger partial charge in [0, 0.05) is 21.9 Å². The highest BCUT2D eigenvalue weighted by molar-refractivity contribution is 7.13. The summed E-state index contributed by atoms with van der Waals surface area (Å²) in [5.41, 5.74) is -0.00258. The summed E-state index contributed by atoms with van der Waals surface area (Å²) >= 11 is 1.50. The Hall–Kier alpha value is -2.30. The smallest absolute Gasteiger partial charge is 0.393 e. The number of carbonyl (C=O) groups is 1. The van der Waals surface area contributed by atoms with Gasteiger partial charge in [0.25, 0.3) is 5.91 Å². The lowest BCUT2D eigenvalue weighted by molar-refractivity contribution is -0.137. The second-order valence-electron chi connectivity index (χ2n) is 9.26. The summed E-state index contributed by atoms with van der Waals surface area (Å²) in [5.74, 6) is 6.04. The van der Waals surface area contributed by atoms with Crippen LogP contribution in [-0.2, 0) is 6.18 Å². The van der Waals surface area contributed by atoms with Gasteiger partial charge in [0.15, 0.2) is 0 Å². The van der Waals surface area contributed by atoms with E-state index in [2.05, 4.69) is 11.8 Å². The lowest BCUT2D eigenvalue weighted by atomic mass is 9.91. The molecular weight excluding hydrogens is 435 g/mol. The van der Waals surface area contributed by atoms with Crippen molar-refractivity contribution in [3.8, 4) is 11.8 Å². The summed E-state index contributed by atoms with van der Waals surface area (Å²) in [4.78, 5) is 17.0. The Bertz CT molecular complexity index is 1010. The Labute approximate surface area is 191 Å². The number of thiophene rings is 1. The predicted octanol–water partition coefficient (Wildman–Crippen LogP) is 6.42. The Morgan fingerprint density at radius 1 is 1.09 bits per heavy atom. The minimum absolute atomic E-state index is 0.134. The molecule has 1 aliphatic rings. The van der Waals surface area contributed by atoms with Gasteiger partial charge in [-0.05, 0) is 83.7 Å². The summed E-state index contributed by atoms with van der Waals surface area (Å²) in [5, 5.41) is 9.92. The van der Waals surface area contributed by atoms with Crippen molar-refractivity contribution < 1.29 is 23.1 Å². The van der Waals surface area contributed by atoms with Gasteiger partial charge in [-0.1, -0.05) is 11.8 Å². The maximum absolute atomic E-state index is 13.5. The number of amides is 1. The summed E-state index contributed by atoms with van der Waals surface area (Å²) in [7, 11) is 0. The lowest BCUT2D eigenvalue weighted by Gasteiger charge is -2.36. The molecule has 3 rings (SSSR count). The molecule has 2 aromatic rings. The van der Waals surface area contributed by atoms with E-state index >= 15 is 0 Å². The molecule has 0 aliphatic heterocycles. The molecule has 1 aromatic heterocycles. The van der Waals surface area contributed by atoms with E-state index in [4.69, 9.17) is 0 Å². The van der Waals surface area contributed by atoms with Gasteiger partial charge < -0.3 is 10.0 Å². The van der Waals surface area contributed by atoms with Gasteiger partial charge in [-0.25, -0.2) is 0 Å². The van der Waals surface area contributed by atoms with E-state index in [0.29, 0.717) is 25.7 Å². The first-order chi connectivity index (χ1) is 14.8. The number of carbonyl (C=O) groups excluding carboxylic acids is 1. The summed E-state index contributed by atoms with van der Waals surface area (Å²) in [6.45, 7) is 7.99. The molecule has 1 amide bonds. The maximum atomic E-state index is 13.5.